The lowest BCUT2D eigenvalue weighted by Crippen LogP contribution is -2.36. The van der Waals surface area contributed by atoms with Gasteiger partial charge in [-0.2, -0.15) is 5.10 Å². The highest BCUT2D eigenvalue weighted by Crippen LogP contribution is 2.31. The number of likely N-dealkylation sites (tertiary alicyclic amines) is 1. The van der Waals surface area contributed by atoms with E-state index in [2.05, 4.69) is 52.1 Å². The van der Waals surface area contributed by atoms with Gasteiger partial charge >= 0.3 is 0 Å². The monoisotopic (exact) mass is 455 g/mol. The Morgan fingerprint density at radius 2 is 1.82 bits per heavy atom. The minimum absolute atomic E-state index is 0.247. The first-order valence-corrected chi connectivity index (χ1v) is 12.1. The van der Waals surface area contributed by atoms with Gasteiger partial charge in [-0.1, -0.05) is 29.8 Å². The smallest absolute Gasteiger partial charge is 0.250 e. The van der Waals surface area contributed by atoms with Gasteiger partial charge in [-0.15, -0.1) is 0 Å². The number of aryl methyl sites for hydroxylation is 2. The molecule has 6 heteroatoms. The fourth-order valence-corrected chi connectivity index (χ4v) is 4.88. The second-order valence-electron chi connectivity index (χ2n) is 9.15. The number of halogens is 1. The van der Waals surface area contributed by atoms with E-state index in [1.165, 1.54) is 23.3 Å². The second-order valence-corrected chi connectivity index (χ2v) is 9.15. The minimum Gasteiger partial charge on any atom is -0.303 e. The normalized spacial score (nSPS) is 16.6. The van der Waals surface area contributed by atoms with Crippen LogP contribution in [-0.4, -0.2) is 44.3 Å². The van der Waals surface area contributed by atoms with Crippen LogP contribution in [0.2, 0.25) is 0 Å². The Labute approximate surface area is 200 Å². The molecule has 1 atom stereocenters. The molecule has 0 amide bonds. The highest BCUT2D eigenvalue weighted by Gasteiger charge is 2.26. The molecular formula is C28H30FN5. The standard InChI is InChI=1S/C28H30FN5/c1-21-6-2-7-22(18-21)8-3-16-33-17-4-9-24(20-33)27-19-26(23-10-12-25(29)13-11-23)32-34(27)28-30-14-5-15-31-28/h2,5-7,10-15,18-19,24H,3-4,8-9,16-17,20H2,1H3. The highest BCUT2D eigenvalue weighted by atomic mass is 19.1. The number of nitrogens with zero attached hydrogens (tertiary/aromatic N) is 5. The number of aromatic nitrogens is 4. The van der Waals surface area contributed by atoms with Gasteiger partial charge in [0.1, 0.15) is 5.82 Å². The highest BCUT2D eigenvalue weighted by molar-refractivity contribution is 5.60. The van der Waals surface area contributed by atoms with Gasteiger partial charge in [-0.25, -0.2) is 19.0 Å². The van der Waals surface area contributed by atoms with Crippen molar-refractivity contribution < 1.29 is 4.39 Å². The third-order valence-corrected chi connectivity index (χ3v) is 6.56. The van der Waals surface area contributed by atoms with Gasteiger partial charge in [0.25, 0.3) is 5.95 Å². The first-order valence-electron chi connectivity index (χ1n) is 12.1. The average molecular weight is 456 g/mol. The summed E-state index contributed by atoms with van der Waals surface area (Å²) in [4.78, 5) is 11.5. The first kappa shape index (κ1) is 22.4. The van der Waals surface area contributed by atoms with Crippen LogP contribution >= 0.6 is 0 Å². The fourth-order valence-electron chi connectivity index (χ4n) is 4.88. The molecule has 5 nitrogen and oxygen atoms in total. The van der Waals surface area contributed by atoms with E-state index in [-0.39, 0.29) is 5.82 Å². The van der Waals surface area contributed by atoms with Crippen molar-refractivity contribution in [3.63, 3.8) is 0 Å². The van der Waals surface area contributed by atoms with Gasteiger partial charge < -0.3 is 4.90 Å². The van der Waals surface area contributed by atoms with E-state index in [0.29, 0.717) is 11.9 Å². The molecule has 34 heavy (non-hydrogen) atoms. The summed E-state index contributed by atoms with van der Waals surface area (Å²) in [6.07, 6.45) is 8.00. The maximum Gasteiger partial charge on any atom is 0.250 e. The zero-order chi connectivity index (χ0) is 23.3. The maximum absolute atomic E-state index is 13.5. The quantitative estimate of drug-likeness (QED) is 0.365. The number of hydrogen-bond donors (Lipinski definition) is 0. The summed E-state index contributed by atoms with van der Waals surface area (Å²) < 4.78 is 15.3. The van der Waals surface area contributed by atoms with Crippen molar-refractivity contribution in [2.45, 2.75) is 38.5 Å². The van der Waals surface area contributed by atoms with Crippen LogP contribution in [0.25, 0.3) is 17.2 Å². The van der Waals surface area contributed by atoms with Crippen molar-refractivity contribution in [1.29, 1.82) is 0 Å². The zero-order valence-electron chi connectivity index (χ0n) is 19.6. The minimum atomic E-state index is -0.247. The third kappa shape index (κ3) is 5.23. The van der Waals surface area contributed by atoms with Crippen LogP contribution < -0.4 is 0 Å². The first-order chi connectivity index (χ1) is 16.7. The molecule has 1 aliphatic heterocycles. The Hall–Kier alpha value is -3.38. The Morgan fingerprint density at radius 3 is 2.62 bits per heavy atom. The lowest BCUT2D eigenvalue weighted by atomic mass is 9.93. The number of benzene rings is 2. The van der Waals surface area contributed by atoms with E-state index in [1.54, 1.807) is 24.5 Å². The molecule has 0 aliphatic carbocycles. The molecule has 1 saturated heterocycles. The molecule has 0 saturated carbocycles. The molecule has 1 aliphatic rings. The zero-order valence-corrected chi connectivity index (χ0v) is 19.6. The van der Waals surface area contributed by atoms with Crippen LogP contribution in [0.1, 0.15) is 42.0 Å². The molecule has 1 fully saturated rings. The van der Waals surface area contributed by atoms with E-state index in [0.717, 1.165) is 62.3 Å². The van der Waals surface area contributed by atoms with E-state index < -0.39 is 0 Å². The Kier molecular flexibility index (Phi) is 6.77. The van der Waals surface area contributed by atoms with E-state index in [9.17, 15) is 4.39 Å². The number of hydrogen-bond acceptors (Lipinski definition) is 4. The van der Waals surface area contributed by atoms with Crippen molar-refractivity contribution in [2.75, 3.05) is 19.6 Å². The summed E-state index contributed by atoms with van der Waals surface area (Å²) in [5.74, 6) is 0.670. The SMILES string of the molecule is Cc1cccc(CCCN2CCCC(c3cc(-c4ccc(F)cc4)nn3-c3ncccn3)C2)c1. The molecular weight excluding hydrogens is 425 g/mol. The van der Waals surface area contributed by atoms with Crippen molar-refractivity contribution in [3.05, 3.63) is 95.7 Å². The van der Waals surface area contributed by atoms with E-state index >= 15 is 0 Å². The van der Waals surface area contributed by atoms with Gasteiger partial charge in [0.05, 0.1) is 11.4 Å². The largest absolute Gasteiger partial charge is 0.303 e. The molecule has 174 valence electrons. The lowest BCUT2D eigenvalue weighted by molar-refractivity contribution is 0.203. The van der Waals surface area contributed by atoms with Crippen LogP contribution in [0.5, 0.6) is 0 Å². The molecule has 2 aromatic carbocycles. The number of piperidine rings is 1. The predicted octanol–water partition coefficient (Wildman–Crippen LogP) is 5.59. The molecule has 5 rings (SSSR count). The summed E-state index contributed by atoms with van der Waals surface area (Å²) >= 11 is 0. The Balaban J connectivity index is 1.34. The van der Waals surface area contributed by atoms with Crippen LogP contribution in [-0.2, 0) is 6.42 Å². The van der Waals surface area contributed by atoms with Gasteiger partial charge in [0.15, 0.2) is 0 Å². The molecule has 0 bridgehead atoms. The summed E-state index contributed by atoms with van der Waals surface area (Å²) in [5, 5.41) is 4.84. The molecule has 2 aromatic heterocycles. The van der Waals surface area contributed by atoms with Gasteiger partial charge in [-0.05, 0) is 87.7 Å². The van der Waals surface area contributed by atoms with Crippen LogP contribution in [0.15, 0.2) is 73.1 Å². The lowest BCUT2D eigenvalue weighted by Gasteiger charge is -2.32. The second kappa shape index (κ2) is 10.3. The van der Waals surface area contributed by atoms with E-state index in [1.807, 2.05) is 10.7 Å². The van der Waals surface area contributed by atoms with Crippen LogP contribution in [0.3, 0.4) is 0 Å². The summed E-state index contributed by atoms with van der Waals surface area (Å²) in [6.45, 7) is 5.37. The molecule has 3 heterocycles. The number of rotatable bonds is 7. The van der Waals surface area contributed by atoms with Crippen molar-refractivity contribution in [1.82, 2.24) is 24.6 Å². The average Bonchev–Trinajstić information content (AvgIpc) is 3.31. The predicted molar refractivity (Wildman–Crippen MR) is 132 cm³/mol. The summed E-state index contributed by atoms with van der Waals surface area (Å²) in [5.41, 5.74) is 5.57. The Morgan fingerprint density at radius 1 is 1.00 bits per heavy atom. The molecule has 0 radical (unpaired) electrons. The molecule has 1 unspecified atom stereocenters. The van der Waals surface area contributed by atoms with Crippen molar-refractivity contribution in [2.24, 2.45) is 0 Å². The molecule has 0 spiro atoms. The van der Waals surface area contributed by atoms with Crippen molar-refractivity contribution in [3.8, 4) is 17.2 Å². The maximum atomic E-state index is 13.5. The van der Waals surface area contributed by atoms with Gasteiger partial charge in [0, 0.05) is 30.4 Å². The van der Waals surface area contributed by atoms with Gasteiger partial charge in [0.2, 0.25) is 0 Å². The molecule has 0 N–H and O–H groups in total. The van der Waals surface area contributed by atoms with Crippen molar-refractivity contribution >= 4 is 0 Å². The molecule has 4 aromatic rings. The van der Waals surface area contributed by atoms with E-state index in [4.69, 9.17) is 5.10 Å². The summed E-state index contributed by atoms with van der Waals surface area (Å²) in [6, 6.07) is 19.2. The third-order valence-electron chi connectivity index (χ3n) is 6.56. The fraction of sp³-hybridized carbons (Fsp3) is 0.321. The van der Waals surface area contributed by atoms with Crippen LogP contribution in [0, 0.1) is 12.7 Å². The van der Waals surface area contributed by atoms with Crippen LogP contribution in [0.4, 0.5) is 4.39 Å². The van der Waals surface area contributed by atoms with Gasteiger partial charge in [-0.3, -0.25) is 0 Å². The topological polar surface area (TPSA) is 46.8 Å². The Bertz CT molecular complexity index is 1220. The summed E-state index contributed by atoms with van der Waals surface area (Å²) in [7, 11) is 0.